The third-order valence-electron chi connectivity index (χ3n) is 4.29. The highest BCUT2D eigenvalue weighted by Crippen LogP contribution is 2.33. The lowest BCUT2D eigenvalue weighted by Crippen LogP contribution is -2.34. The fourth-order valence-corrected chi connectivity index (χ4v) is 4.13. The van der Waals surface area contributed by atoms with E-state index in [0.29, 0.717) is 29.6 Å². The number of amides is 1. The summed E-state index contributed by atoms with van der Waals surface area (Å²) in [6, 6.07) is 5.79. The van der Waals surface area contributed by atoms with Crippen molar-refractivity contribution in [2.75, 3.05) is 13.1 Å². The largest absolute Gasteiger partial charge is 0.461 e. The summed E-state index contributed by atoms with van der Waals surface area (Å²) in [6.07, 6.45) is 1.59. The van der Waals surface area contributed by atoms with E-state index in [1.807, 2.05) is 33.8 Å². The number of aromatic nitrogens is 2. The van der Waals surface area contributed by atoms with Crippen LogP contribution in [-0.2, 0) is 0 Å². The minimum absolute atomic E-state index is 0.0611. The van der Waals surface area contributed by atoms with Crippen molar-refractivity contribution in [1.82, 2.24) is 14.9 Å². The number of thiophene rings is 1. The second-order valence-corrected chi connectivity index (χ2v) is 7.22. The van der Waals surface area contributed by atoms with Gasteiger partial charge in [0.2, 0.25) is 0 Å². The predicted molar refractivity (Wildman–Crippen MR) is 101 cm³/mol. The molecule has 3 aromatic rings. The first-order valence-electron chi connectivity index (χ1n) is 8.46. The number of carbonyl (C=O) groups excluding carboxylic acids is 1. The molecule has 3 heterocycles. The van der Waals surface area contributed by atoms with E-state index >= 15 is 0 Å². The first-order chi connectivity index (χ1) is 12.5. The van der Waals surface area contributed by atoms with Gasteiger partial charge in [0.05, 0.1) is 28.8 Å². The van der Waals surface area contributed by atoms with Crippen LogP contribution in [0.2, 0.25) is 0 Å². The minimum atomic E-state index is -0.208. The highest BCUT2D eigenvalue weighted by atomic mass is 32.1. The Balaban J connectivity index is 2.04. The third-order valence-corrected chi connectivity index (χ3v) is 5.46. The highest BCUT2D eigenvalue weighted by Gasteiger charge is 2.24. The molecule has 0 saturated heterocycles. The van der Waals surface area contributed by atoms with Crippen molar-refractivity contribution in [3.05, 3.63) is 34.5 Å². The second-order valence-electron chi connectivity index (χ2n) is 6.22. The number of aryl methyl sites for hydroxylation is 2. The second kappa shape index (κ2) is 7.26. The molecule has 0 bridgehead atoms. The summed E-state index contributed by atoms with van der Waals surface area (Å²) in [6.45, 7) is 8.56. The third kappa shape index (κ3) is 3.20. The molecule has 1 unspecified atom stereocenters. The Hall–Kier alpha value is -2.72. The molecule has 26 heavy (non-hydrogen) atoms. The highest BCUT2D eigenvalue weighted by molar-refractivity contribution is 7.20. The molecular formula is C19H20N4O2S. The number of fused-ring (bicyclic) bond motifs is 1. The van der Waals surface area contributed by atoms with Crippen LogP contribution in [0.15, 0.2) is 22.8 Å². The van der Waals surface area contributed by atoms with Gasteiger partial charge in [-0.1, -0.05) is 0 Å². The van der Waals surface area contributed by atoms with Crippen molar-refractivity contribution in [1.29, 1.82) is 5.26 Å². The average Bonchev–Trinajstić information content (AvgIpc) is 3.27. The number of hydrogen-bond acceptors (Lipinski definition) is 6. The minimum Gasteiger partial charge on any atom is -0.461 e. The number of carbonyl (C=O) groups is 1. The van der Waals surface area contributed by atoms with Gasteiger partial charge in [0.15, 0.2) is 11.6 Å². The molecule has 0 radical (unpaired) electrons. The average molecular weight is 368 g/mol. The molecule has 0 N–H and O–H groups in total. The van der Waals surface area contributed by atoms with Gasteiger partial charge >= 0.3 is 0 Å². The van der Waals surface area contributed by atoms with Gasteiger partial charge in [0.1, 0.15) is 4.83 Å². The van der Waals surface area contributed by atoms with Crippen molar-refractivity contribution in [3.8, 4) is 17.7 Å². The smallest absolute Gasteiger partial charge is 0.264 e. The lowest BCUT2D eigenvalue weighted by molar-refractivity contribution is 0.0757. The topological polar surface area (TPSA) is 83.0 Å². The Morgan fingerprint density at radius 2 is 2.19 bits per heavy atom. The Bertz CT molecular complexity index is 985. The van der Waals surface area contributed by atoms with Gasteiger partial charge in [-0.25, -0.2) is 9.97 Å². The monoisotopic (exact) mass is 368 g/mol. The van der Waals surface area contributed by atoms with E-state index in [4.69, 9.17) is 9.68 Å². The maximum Gasteiger partial charge on any atom is 0.264 e. The van der Waals surface area contributed by atoms with Crippen LogP contribution in [0.5, 0.6) is 0 Å². The molecule has 134 valence electrons. The van der Waals surface area contributed by atoms with Crippen LogP contribution in [-0.4, -0.2) is 33.9 Å². The molecule has 0 saturated carbocycles. The van der Waals surface area contributed by atoms with E-state index in [0.717, 1.165) is 21.5 Å². The molecule has 1 amide bonds. The quantitative estimate of drug-likeness (QED) is 0.674. The lowest BCUT2D eigenvalue weighted by atomic mass is 10.1. The van der Waals surface area contributed by atoms with Crippen molar-refractivity contribution in [3.63, 3.8) is 0 Å². The summed E-state index contributed by atoms with van der Waals surface area (Å²) in [4.78, 5) is 25.3. The van der Waals surface area contributed by atoms with Crippen molar-refractivity contribution >= 4 is 27.5 Å². The SMILES string of the molecule is CCN(CC(C)C#N)C(=O)c1sc2nc(-c3ccco3)nc(C)c2c1C. The summed E-state index contributed by atoms with van der Waals surface area (Å²) in [5.41, 5.74) is 1.71. The predicted octanol–water partition coefficient (Wildman–Crippen LogP) is 4.19. The van der Waals surface area contributed by atoms with E-state index in [2.05, 4.69) is 16.0 Å². The molecule has 0 spiro atoms. The van der Waals surface area contributed by atoms with Crippen LogP contribution >= 0.6 is 11.3 Å². The maximum absolute atomic E-state index is 13.0. The summed E-state index contributed by atoms with van der Waals surface area (Å²) in [7, 11) is 0. The van der Waals surface area contributed by atoms with Crippen LogP contribution in [0.1, 0.15) is 34.8 Å². The molecule has 6 nitrogen and oxygen atoms in total. The van der Waals surface area contributed by atoms with E-state index in [9.17, 15) is 4.79 Å². The van der Waals surface area contributed by atoms with Crippen molar-refractivity contribution in [2.45, 2.75) is 27.7 Å². The van der Waals surface area contributed by atoms with E-state index in [1.54, 1.807) is 17.2 Å². The first kappa shape index (κ1) is 18.1. The summed E-state index contributed by atoms with van der Waals surface area (Å²) >= 11 is 1.37. The van der Waals surface area contributed by atoms with Gasteiger partial charge in [-0.05, 0) is 45.4 Å². The standard InChI is InChI=1S/C19H20N4O2S/c1-5-23(10-11(2)9-20)19(24)16-12(3)15-13(4)21-17(22-18(15)26-16)14-7-6-8-25-14/h6-8,11H,5,10H2,1-4H3. The summed E-state index contributed by atoms with van der Waals surface area (Å²) < 4.78 is 5.39. The Morgan fingerprint density at radius 3 is 2.81 bits per heavy atom. The van der Waals surface area contributed by atoms with E-state index < -0.39 is 0 Å². The van der Waals surface area contributed by atoms with Crippen LogP contribution in [0, 0.1) is 31.1 Å². The molecule has 7 heteroatoms. The fourth-order valence-electron chi connectivity index (χ4n) is 2.93. The van der Waals surface area contributed by atoms with Gasteiger partial charge in [-0.2, -0.15) is 5.26 Å². The zero-order valence-corrected chi connectivity index (χ0v) is 16.1. The normalized spacial score (nSPS) is 12.1. The van der Waals surface area contributed by atoms with E-state index in [1.165, 1.54) is 11.3 Å². The number of hydrogen-bond donors (Lipinski definition) is 0. The Morgan fingerprint density at radius 1 is 1.42 bits per heavy atom. The van der Waals surface area contributed by atoms with Gasteiger partial charge in [0, 0.05) is 18.5 Å². The zero-order chi connectivity index (χ0) is 18.8. The fraction of sp³-hybridized carbons (Fsp3) is 0.368. The lowest BCUT2D eigenvalue weighted by Gasteiger charge is -2.21. The van der Waals surface area contributed by atoms with Crippen LogP contribution < -0.4 is 0 Å². The Labute approximate surface area is 156 Å². The van der Waals surface area contributed by atoms with Crippen LogP contribution in [0.4, 0.5) is 0 Å². The zero-order valence-electron chi connectivity index (χ0n) is 15.2. The molecule has 0 aliphatic carbocycles. The molecule has 1 atom stereocenters. The molecular weight excluding hydrogens is 348 g/mol. The summed E-state index contributed by atoms with van der Waals surface area (Å²) in [5, 5.41) is 9.96. The molecule has 0 fully saturated rings. The van der Waals surface area contributed by atoms with Gasteiger partial charge in [-0.15, -0.1) is 11.3 Å². The van der Waals surface area contributed by atoms with Crippen LogP contribution in [0.25, 0.3) is 21.8 Å². The summed E-state index contributed by atoms with van der Waals surface area (Å²) in [5.74, 6) is 0.854. The van der Waals surface area contributed by atoms with E-state index in [-0.39, 0.29) is 11.8 Å². The van der Waals surface area contributed by atoms with Crippen LogP contribution in [0.3, 0.4) is 0 Å². The van der Waals surface area contributed by atoms with Gasteiger partial charge < -0.3 is 9.32 Å². The maximum atomic E-state index is 13.0. The molecule has 3 rings (SSSR count). The number of nitriles is 1. The number of rotatable bonds is 5. The first-order valence-corrected chi connectivity index (χ1v) is 9.28. The molecule has 0 aliphatic rings. The number of nitrogens with zero attached hydrogens (tertiary/aromatic N) is 4. The van der Waals surface area contributed by atoms with Gasteiger partial charge in [-0.3, -0.25) is 4.79 Å². The molecule has 3 aromatic heterocycles. The molecule has 0 aliphatic heterocycles. The Kier molecular flexibility index (Phi) is 5.05. The van der Waals surface area contributed by atoms with Crippen molar-refractivity contribution < 1.29 is 9.21 Å². The van der Waals surface area contributed by atoms with Crippen molar-refractivity contribution in [2.24, 2.45) is 5.92 Å². The molecule has 0 aromatic carbocycles. The number of furan rings is 1. The van der Waals surface area contributed by atoms with Gasteiger partial charge in [0.25, 0.3) is 5.91 Å².